The standard InChI is InChI=1S/C19H23N3O2/c1-13(16-7-5-4-6-8-16)20-14(2)19(24)22-18-11-9-17(10-12-18)21-15(3)23/h4-14,20H,1-3H3,(H,21,23)(H,22,24)/t13-,14+/m0/s1. The van der Waals surface area contributed by atoms with Gasteiger partial charge >= 0.3 is 0 Å². The van der Waals surface area contributed by atoms with Crippen molar-refractivity contribution in [3.05, 3.63) is 60.2 Å². The first-order chi connectivity index (χ1) is 11.5. The van der Waals surface area contributed by atoms with Gasteiger partial charge in [0.2, 0.25) is 11.8 Å². The Balaban J connectivity index is 1.90. The van der Waals surface area contributed by atoms with Crippen LogP contribution in [0.2, 0.25) is 0 Å². The van der Waals surface area contributed by atoms with Crippen LogP contribution in [0.25, 0.3) is 0 Å². The van der Waals surface area contributed by atoms with Gasteiger partial charge in [-0.05, 0) is 43.7 Å². The van der Waals surface area contributed by atoms with E-state index in [9.17, 15) is 9.59 Å². The van der Waals surface area contributed by atoms with Crippen molar-refractivity contribution in [2.45, 2.75) is 32.9 Å². The van der Waals surface area contributed by atoms with Crippen molar-refractivity contribution < 1.29 is 9.59 Å². The van der Waals surface area contributed by atoms with E-state index in [1.54, 1.807) is 24.3 Å². The zero-order chi connectivity index (χ0) is 17.5. The highest BCUT2D eigenvalue weighted by atomic mass is 16.2. The van der Waals surface area contributed by atoms with Crippen molar-refractivity contribution in [3.8, 4) is 0 Å². The van der Waals surface area contributed by atoms with Gasteiger partial charge < -0.3 is 10.6 Å². The molecule has 5 nitrogen and oxygen atoms in total. The molecule has 0 saturated carbocycles. The Morgan fingerprint density at radius 1 is 0.833 bits per heavy atom. The number of anilines is 2. The molecule has 0 spiro atoms. The maximum atomic E-state index is 12.3. The van der Waals surface area contributed by atoms with E-state index in [1.165, 1.54) is 6.92 Å². The van der Waals surface area contributed by atoms with Gasteiger partial charge in [-0.2, -0.15) is 0 Å². The molecule has 2 aromatic rings. The highest BCUT2D eigenvalue weighted by Gasteiger charge is 2.16. The van der Waals surface area contributed by atoms with Crippen molar-refractivity contribution in [3.63, 3.8) is 0 Å². The van der Waals surface area contributed by atoms with E-state index in [0.29, 0.717) is 11.4 Å². The third kappa shape index (κ3) is 5.21. The molecule has 0 heterocycles. The lowest BCUT2D eigenvalue weighted by Crippen LogP contribution is -2.39. The van der Waals surface area contributed by atoms with Crippen molar-refractivity contribution in [2.75, 3.05) is 10.6 Å². The number of rotatable bonds is 6. The summed E-state index contributed by atoms with van der Waals surface area (Å²) in [4.78, 5) is 23.3. The largest absolute Gasteiger partial charge is 0.326 e. The number of hydrogen-bond acceptors (Lipinski definition) is 3. The predicted molar refractivity (Wildman–Crippen MR) is 96.8 cm³/mol. The summed E-state index contributed by atoms with van der Waals surface area (Å²) in [5.74, 6) is -0.232. The van der Waals surface area contributed by atoms with Gasteiger partial charge in [0, 0.05) is 24.3 Å². The van der Waals surface area contributed by atoms with Crippen LogP contribution in [0.5, 0.6) is 0 Å². The first-order valence-electron chi connectivity index (χ1n) is 7.95. The van der Waals surface area contributed by atoms with Crippen LogP contribution in [0.1, 0.15) is 32.4 Å². The SMILES string of the molecule is CC(=O)Nc1ccc(NC(=O)[C@@H](C)N[C@@H](C)c2ccccc2)cc1. The fraction of sp³-hybridized carbons (Fsp3) is 0.263. The molecule has 0 unspecified atom stereocenters. The molecule has 2 atom stereocenters. The second kappa shape index (κ2) is 8.26. The summed E-state index contributed by atoms with van der Waals surface area (Å²) < 4.78 is 0. The van der Waals surface area contributed by atoms with E-state index in [0.717, 1.165) is 5.56 Å². The van der Waals surface area contributed by atoms with Crippen LogP contribution >= 0.6 is 0 Å². The second-order valence-electron chi connectivity index (χ2n) is 5.77. The summed E-state index contributed by atoms with van der Waals surface area (Å²) in [6.07, 6.45) is 0. The van der Waals surface area contributed by atoms with Gasteiger partial charge in [-0.1, -0.05) is 30.3 Å². The molecule has 2 amide bonds. The lowest BCUT2D eigenvalue weighted by Gasteiger charge is -2.20. The Labute approximate surface area is 142 Å². The Kier molecular flexibility index (Phi) is 6.09. The summed E-state index contributed by atoms with van der Waals surface area (Å²) in [6.45, 7) is 5.32. The van der Waals surface area contributed by atoms with E-state index >= 15 is 0 Å². The topological polar surface area (TPSA) is 70.2 Å². The quantitative estimate of drug-likeness (QED) is 0.763. The van der Waals surface area contributed by atoms with Crippen LogP contribution in [-0.4, -0.2) is 17.9 Å². The summed E-state index contributed by atoms with van der Waals surface area (Å²) in [6, 6.07) is 16.8. The molecular formula is C19H23N3O2. The van der Waals surface area contributed by atoms with E-state index < -0.39 is 0 Å². The molecule has 0 radical (unpaired) electrons. The highest BCUT2D eigenvalue weighted by Crippen LogP contribution is 2.15. The molecule has 0 fully saturated rings. The van der Waals surface area contributed by atoms with Crippen LogP contribution in [0.4, 0.5) is 11.4 Å². The zero-order valence-electron chi connectivity index (χ0n) is 14.2. The van der Waals surface area contributed by atoms with Gasteiger partial charge in [0.1, 0.15) is 0 Å². The molecule has 2 aromatic carbocycles. The van der Waals surface area contributed by atoms with E-state index in [4.69, 9.17) is 0 Å². The highest BCUT2D eigenvalue weighted by molar-refractivity contribution is 5.95. The molecule has 24 heavy (non-hydrogen) atoms. The lowest BCUT2D eigenvalue weighted by atomic mass is 10.1. The van der Waals surface area contributed by atoms with E-state index in [1.807, 2.05) is 44.2 Å². The molecule has 3 N–H and O–H groups in total. The summed E-state index contributed by atoms with van der Waals surface area (Å²) in [5.41, 5.74) is 2.52. The maximum Gasteiger partial charge on any atom is 0.241 e. The summed E-state index contributed by atoms with van der Waals surface area (Å²) >= 11 is 0. The van der Waals surface area contributed by atoms with Crippen LogP contribution in [0, 0.1) is 0 Å². The Morgan fingerprint density at radius 2 is 1.38 bits per heavy atom. The van der Waals surface area contributed by atoms with Gasteiger partial charge in [0.15, 0.2) is 0 Å². The Hall–Kier alpha value is -2.66. The molecule has 126 valence electrons. The van der Waals surface area contributed by atoms with Gasteiger partial charge in [-0.3, -0.25) is 14.9 Å². The van der Waals surface area contributed by atoms with E-state index in [-0.39, 0.29) is 23.9 Å². The Bertz CT molecular complexity index is 684. The minimum absolute atomic E-state index is 0.0779. The van der Waals surface area contributed by atoms with Gasteiger partial charge in [-0.25, -0.2) is 0 Å². The fourth-order valence-electron chi connectivity index (χ4n) is 2.38. The summed E-state index contributed by atoms with van der Waals surface area (Å²) in [7, 11) is 0. The normalized spacial score (nSPS) is 13.0. The lowest BCUT2D eigenvalue weighted by molar-refractivity contribution is -0.118. The van der Waals surface area contributed by atoms with Crippen molar-refractivity contribution in [1.29, 1.82) is 0 Å². The minimum Gasteiger partial charge on any atom is -0.326 e. The first-order valence-corrected chi connectivity index (χ1v) is 7.95. The minimum atomic E-state index is -0.338. The zero-order valence-corrected chi connectivity index (χ0v) is 14.2. The number of carbonyl (C=O) groups is 2. The van der Waals surface area contributed by atoms with Crippen molar-refractivity contribution >= 4 is 23.2 Å². The second-order valence-corrected chi connectivity index (χ2v) is 5.77. The number of carbonyl (C=O) groups excluding carboxylic acids is 2. The number of nitrogens with one attached hydrogen (secondary N) is 3. The van der Waals surface area contributed by atoms with Crippen LogP contribution in [0.15, 0.2) is 54.6 Å². The molecule has 0 aliphatic carbocycles. The molecular weight excluding hydrogens is 302 g/mol. The third-order valence-corrected chi connectivity index (χ3v) is 3.67. The first kappa shape index (κ1) is 17.7. The molecule has 0 aliphatic rings. The van der Waals surface area contributed by atoms with Crippen molar-refractivity contribution in [2.24, 2.45) is 0 Å². The van der Waals surface area contributed by atoms with Crippen molar-refractivity contribution in [1.82, 2.24) is 5.32 Å². The third-order valence-electron chi connectivity index (χ3n) is 3.67. The van der Waals surface area contributed by atoms with Gasteiger partial charge in [0.05, 0.1) is 6.04 Å². The number of benzene rings is 2. The fourth-order valence-corrected chi connectivity index (χ4v) is 2.38. The molecule has 0 aromatic heterocycles. The molecule has 2 rings (SSSR count). The van der Waals surface area contributed by atoms with Crippen LogP contribution in [0.3, 0.4) is 0 Å². The average molecular weight is 325 g/mol. The molecule has 0 aliphatic heterocycles. The Morgan fingerprint density at radius 3 is 1.92 bits per heavy atom. The molecule has 0 saturated heterocycles. The monoisotopic (exact) mass is 325 g/mol. The maximum absolute atomic E-state index is 12.3. The van der Waals surface area contributed by atoms with Crippen LogP contribution in [-0.2, 0) is 9.59 Å². The predicted octanol–water partition coefficient (Wildman–Crippen LogP) is 3.32. The van der Waals surface area contributed by atoms with Gasteiger partial charge in [-0.15, -0.1) is 0 Å². The molecule has 0 bridgehead atoms. The van der Waals surface area contributed by atoms with E-state index in [2.05, 4.69) is 16.0 Å². The summed E-state index contributed by atoms with van der Waals surface area (Å²) in [5, 5.41) is 8.84. The average Bonchev–Trinajstić information content (AvgIpc) is 2.56. The van der Waals surface area contributed by atoms with Crippen LogP contribution < -0.4 is 16.0 Å². The molecule has 5 heteroatoms. The smallest absolute Gasteiger partial charge is 0.241 e. The number of hydrogen-bond donors (Lipinski definition) is 3. The number of amides is 2. The van der Waals surface area contributed by atoms with Gasteiger partial charge in [0.25, 0.3) is 0 Å².